The van der Waals surface area contributed by atoms with Crippen LogP contribution in [0, 0.1) is 0 Å². The SMILES string of the molecule is CCN(CC)Cc1ccc(C(=O)N2CCCc3cc(S(=O)(=O)N4CCCC4)ccc32)cc1. The van der Waals surface area contributed by atoms with Crippen molar-refractivity contribution in [2.75, 3.05) is 37.6 Å². The van der Waals surface area contributed by atoms with E-state index in [0.29, 0.717) is 30.1 Å². The highest BCUT2D eigenvalue weighted by atomic mass is 32.2. The van der Waals surface area contributed by atoms with Gasteiger partial charge in [0, 0.05) is 37.4 Å². The minimum atomic E-state index is -3.46. The van der Waals surface area contributed by atoms with E-state index >= 15 is 0 Å². The molecule has 32 heavy (non-hydrogen) atoms. The molecule has 7 heteroatoms. The van der Waals surface area contributed by atoms with Crippen LogP contribution < -0.4 is 4.90 Å². The molecule has 0 radical (unpaired) electrons. The second-order valence-electron chi connectivity index (χ2n) is 8.62. The highest BCUT2D eigenvalue weighted by molar-refractivity contribution is 7.89. The largest absolute Gasteiger partial charge is 0.308 e. The maximum Gasteiger partial charge on any atom is 0.258 e. The Morgan fingerprint density at radius 1 is 0.938 bits per heavy atom. The van der Waals surface area contributed by atoms with E-state index in [-0.39, 0.29) is 5.91 Å². The van der Waals surface area contributed by atoms with E-state index in [0.717, 1.165) is 56.6 Å². The molecule has 0 saturated carbocycles. The molecular weight excluding hydrogens is 422 g/mol. The quantitative estimate of drug-likeness (QED) is 0.635. The highest BCUT2D eigenvalue weighted by Crippen LogP contribution is 2.32. The fraction of sp³-hybridized carbons (Fsp3) is 0.480. The van der Waals surface area contributed by atoms with Gasteiger partial charge in [-0.3, -0.25) is 9.69 Å². The van der Waals surface area contributed by atoms with Gasteiger partial charge in [0.05, 0.1) is 4.90 Å². The number of fused-ring (bicyclic) bond motifs is 1. The zero-order valence-electron chi connectivity index (χ0n) is 19.1. The van der Waals surface area contributed by atoms with Crippen molar-refractivity contribution in [1.29, 1.82) is 0 Å². The molecule has 172 valence electrons. The average molecular weight is 456 g/mol. The van der Waals surface area contributed by atoms with Crippen LogP contribution in [0.2, 0.25) is 0 Å². The molecule has 0 atom stereocenters. The number of carbonyl (C=O) groups excluding carboxylic acids is 1. The molecule has 4 rings (SSSR count). The fourth-order valence-electron chi connectivity index (χ4n) is 4.64. The van der Waals surface area contributed by atoms with Gasteiger partial charge in [0.1, 0.15) is 0 Å². The van der Waals surface area contributed by atoms with Crippen molar-refractivity contribution >= 4 is 21.6 Å². The van der Waals surface area contributed by atoms with Gasteiger partial charge in [-0.2, -0.15) is 4.31 Å². The molecule has 2 heterocycles. The number of carbonyl (C=O) groups is 1. The van der Waals surface area contributed by atoms with Gasteiger partial charge < -0.3 is 4.90 Å². The smallest absolute Gasteiger partial charge is 0.258 e. The summed E-state index contributed by atoms with van der Waals surface area (Å²) in [7, 11) is -3.46. The Balaban J connectivity index is 1.54. The third-order valence-electron chi connectivity index (χ3n) is 6.62. The maximum atomic E-state index is 13.3. The molecule has 0 bridgehead atoms. The number of amides is 1. The van der Waals surface area contributed by atoms with Crippen molar-refractivity contribution in [3.05, 3.63) is 59.2 Å². The summed E-state index contributed by atoms with van der Waals surface area (Å²) in [5.74, 6) is -0.0320. The van der Waals surface area contributed by atoms with Gasteiger partial charge in [-0.25, -0.2) is 8.42 Å². The van der Waals surface area contributed by atoms with Gasteiger partial charge in [-0.1, -0.05) is 26.0 Å². The van der Waals surface area contributed by atoms with Crippen molar-refractivity contribution in [1.82, 2.24) is 9.21 Å². The summed E-state index contributed by atoms with van der Waals surface area (Å²) in [6.45, 7) is 9.00. The van der Waals surface area contributed by atoms with Gasteiger partial charge in [0.25, 0.3) is 5.91 Å². The summed E-state index contributed by atoms with van der Waals surface area (Å²) in [5, 5.41) is 0. The van der Waals surface area contributed by atoms with Gasteiger partial charge in [-0.05, 0) is 80.2 Å². The molecule has 0 N–H and O–H groups in total. The predicted octanol–water partition coefficient (Wildman–Crippen LogP) is 3.91. The first-order chi connectivity index (χ1) is 15.4. The molecule has 2 aromatic rings. The summed E-state index contributed by atoms with van der Waals surface area (Å²) in [6.07, 6.45) is 3.44. The average Bonchev–Trinajstić information content (AvgIpc) is 3.38. The minimum absolute atomic E-state index is 0.0320. The zero-order valence-corrected chi connectivity index (χ0v) is 19.9. The normalized spacial score (nSPS) is 17.0. The Labute approximate surface area is 191 Å². The van der Waals surface area contributed by atoms with Crippen LogP contribution in [0.25, 0.3) is 0 Å². The maximum absolute atomic E-state index is 13.3. The Bertz CT molecular complexity index is 1060. The first-order valence-corrected chi connectivity index (χ1v) is 13.1. The third-order valence-corrected chi connectivity index (χ3v) is 8.51. The molecular formula is C25H33N3O3S. The molecule has 0 aromatic heterocycles. The Hall–Kier alpha value is -2.22. The highest BCUT2D eigenvalue weighted by Gasteiger charge is 2.30. The first-order valence-electron chi connectivity index (χ1n) is 11.7. The van der Waals surface area contributed by atoms with Crippen LogP contribution in [-0.4, -0.2) is 56.3 Å². The molecule has 0 spiro atoms. The molecule has 2 aliphatic heterocycles. The molecule has 0 unspecified atom stereocenters. The van der Waals surface area contributed by atoms with Crippen molar-refractivity contribution in [2.45, 2.75) is 51.0 Å². The lowest BCUT2D eigenvalue weighted by Gasteiger charge is -2.30. The summed E-state index contributed by atoms with van der Waals surface area (Å²) in [4.78, 5) is 17.8. The van der Waals surface area contributed by atoms with E-state index in [4.69, 9.17) is 0 Å². The monoisotopic (exact) mass is 455 g/mol. The van der Waals surface area contributed by atoms with E-state index in [1.807, 2.05) is 30.3 Å². The van der Waals surface area contributed by atoms with Crippen molar-refractivity contribution < 1.29 is 13.2 Å². The second kappa shape index (κ2) is 9.73. The van der Waals surface area contributed by atoms with Gasteiger partial charge >= 0.3 is 0 Å². The zero-order chi connectivity index (χ0) is 22.7. The van der Waals surface area contributed by atoms with Crippen molar-refractivity contribution in [2.24, 2.45) is 0 Å². The van der Waals surface area contributed by atoms with E-state index in [1.165, 1.54) is 5.56 Å². The van der Waals surface area contributed by atoms with E-state index in [2.05, 4.69) is 18.7 Å². The standard InChI is InChI=1S/C25H33N3O3S/c1-3-26(4-2)19-20-9-11-21(12-10-20)25(29)28-17-7-8-22-18-23(13-14-24(22)28)32(30,31)27-15-5-6-16-27/h9-14,18H,3-8,15-17,19H2,1-2H3. The summed E-state index contributed by atoms with van der Waals surface area (Å²) >= 11 is 0. The molecule has 2 aliphatic rings. The number of hydrogen-bond donors (Lipinski definition) is 0. The number of aryl methyl sites for hydroxylation is 1. The number of nitrogens with zero attached hydrogens (tertiary/aromatic N) is 3. The van der Waals surface area contributed by atoms with Gasteiger partial charge in [-0.15, -0.1) is 0 Å². The summed E-state index contributed by atoms with van der Waals surface area (Å²) in [6, 6.07) is 13.1. The van der Waals surface area contributed by atoms with Crippen LogP contribution in [-0.2, 0) is 23.0 Å². The number of anilines is 1. The lowest BCUT2D eigenvalue weighted by molar-refractivity contribution is 0.0985. The fourth-order valence-corrected chi connectivity index (χ4v) is 6.20. The number of sulfonamides is 1. The van der Waals surface area contributed by atoms with Crippen molar-refractivity contribution in [3.8, 4) is 0 Å². The molecule has 0 aliphatic carbocycles. The number of rotatable bonds is 7. The number of hydrogen-bond acceptors (Lipinski definition) is 4. The van der Waals surface area contributed by atoms with Crippen LogP contribution in [0.5, 0.6) is 0 Å². The molecule has 6 nitrogen and oxygen atoms in total. The van der Waals surface area contributed by atoms with E-state index < -0.39 is 10.0 Å². The number of benzene rings is 2. The Morgan fingerprint density at radius 3 is 2.28 bits per heavy atom. The molecule has 1 amide bonds. The predicted molar refractivity (Wildman–Crippen MR) is 127 cm³/mol. The van der Waals surface area contributed by atoms with Crippen molar-refractivity contribution in [3.63, 3.8) is 0 Å². The molecule has 1 fully saturated rings. The van der Waals surface area contributed by atoms with Crippen LogP contribution in [0.3, 0.4) is 0 Å². The Morgan fingerprint density at radius 2 is 1.62 bits per heavy atom. The van der Waals surface area contributed by atoms with Gasteiger partial charge in [0.2, 0.25) is 10.0 Å². The molecule has 2 aromatic carbocycles. The van der Waals surface area contributed by atoms with E-state index in [1.54, 1.807) is 21.3 Å². The van der Waals surface area contributed by atoms with Crippen LogP contribution in [0.1, 0.15) is 54.6 Å². The van der Waals surface area contributed by atoms with Crippen LogP contribution in [0.15, 0.2) is 47.4 Å². The Kier molecular flexibility index (Phi) is 6.98. The lowest BCUT2D eigenvalue weighted by atomic mass is 10.0. The second-order valence-corrected chi connectivity index (χ2v) is 10.6. The third kappa shape index (κ3) is 4.60. The van der Waals surface area contributed by atoms with E-state index in [9.17, 15) is 13.2 Å². The lowest BCUT2D eigenvalue weighted by Crippen LogP contribution is -2.36. The minimum Gasteiger partial charge on any atom is -0.308 e. The molecule has 1 saturated heterocycles. The topological polar surface area (TPSA) is 60.9 Å². The van der Waals surface area contributed by atoms with Crippen LogP contribution in [0.4, 0.5) is 5.69 Å². The van der Waals surface area contributed by atoms with Crippen LogP contribution >= 0.6 is 0 Å². The first kappa shape index (κ1) is 23.0. The summed E-state index contributed by atoms with van der Waals surface area (Å²) in [5.41, 5.74) is 3.62. The summed E-state index contributed by atoms with van der Waals surface area (Å²) < 4.78 is 27.5. The van der Waals surface area contributed by atoms with Gasteiger partial charge in [0.15, 0.2) is 0 Å².